The molecular formula is C44H28N6Si. The summed E-state index contributed by atoms with van der Waals surface area (Å²) in [5.74, 6) is 0.634. The Kier molecular flexibility index (Phi) is 6.02. The maximum atomic E-state index is 5.22. The van der Waals surface area contributed by atoms with Crippen molar-refractivity contribution >= 4 is 63.6 Å². The van der Waals surface area contributed by atoms with E-state index in [-0.39, 0.29) is 0 Å². The Hall–Kier alpha value is -6.70. The lowest BCUT2D eigenvalue weighted by molar-refractivity contribution is 1.01. The fraction of sp³-hybridized carbons (Fsp3) is 0. The first-order valence-electron chi connectivity index (χ1n) is 17.2. The Morgan fingerprint density at radius 3 is 1.67 bits per heavy atom. The van der Waals surface area contributed by atoms with Gasteiger partial charge in [-0.2, -0.15) is 5.10 Å². The molecule has 4 aromatic heterocycles. The zero-order valence-corrected chi connectivity index (χ0v) is 28.8. The predicted molar refractivity (Wildman–Crippen MR) is 210 cm³/mol. The van der Waals surface area contributed by atoms with Crippen LogP contribution < -0.4 is 10.5 Å². The smallest absolute Gasteiger partial charge is 0.182 e. The summed E-state index contributed by atoms with van der Waals surface area (Å²) in [7, 11) is -0.842. The summed E-state index contributed by atoms with van der Waals surface area (Å²) in [6, 6.07) is 53.7. The molecule has 1 aliphatic heterocycles. The van der Waals surface area contributed by atoms with Gasteiger partial charge in [-0.1, -0.05) is 97.1 Å². The van der Waals surface area contributed by atoms with E-state index in [0.29, 0.717) is 5.82 Å². The van der Waals surface area contributed by atoms with Crippen LogP contribution in [0.4, 0.5) is 0 Å². The van der Waals surface area contributed by atoms with Gasteiger partial charge in [-0.25, -0.2) is 4.98 Å². The summed E-state index contributed by atoms with van der Waals surface area (Å²) in [6.45, 7) is 0. The SMILES string of the molecule is c1ccc(-n2c3ccccc3c3ccc(-c4cc5c(cn4)[SiH2]c4nnc(-c6ccc7c8ccccc8n(-c8ccccc8)c7c6)nc4-5)cc32)cc1. The van der Waals surface area contributed by atoms with E-state index in [4.69, 9.17) is 15.1 Å². The van der Waals surface area contributed by atoms with E-state index >= 15 is 0 Å². The second-order valence-electron chi connectivity index (χ2n) is 13.2. The van der Waals surface area contributed by atoms with Gasteiger partial charge in [0.2, 0.25) is 0 Å². The third kappa shape index (κ3) is 4.28. The molecule has 0 N–H and O–H groups in total. The van der Waals surface area contributed by atoms with Gasteiger partial charge in [0.05, 0.1) is 38.8 Å². The molecule has 0 spiro atoms. The molecule has 1 aliphatic rings. The van der Waals surface area contributed by atoms with Crippen molar-refractivity contribution in [1.29, 1.82) is 0 Å². The van der Waals surface area contributed by atoms with Crippen molar-refractivity contribution in [2.24, 2.45) is 0 Å². The van der Waals surface area contributed by atoms with Crippen LogP contribution >= 0.6 is 0 Å². The Bertz CT molecular complexity index is 2800. The number of pyridine rings is 1. The van der Waals surface area contributed by atoms with E-state index in [9.17, 15) is 0 Å². The van der Waals surface area contributed by atoms with Crippen LogP contribution in [0.3, 0.4) is 0 Å². The first-order valence-corrected chi connectivity index (χ1v) is 18.6. The van der Waals surface area contributed by atoms with Gasteiger partial charge in [-0.15, -0.1) is 5.10 Å². The van der Waals surface area contributed by atoms with E-state index in [2.05, 4.69) is 166 Å². The fourth-order valence-electron chi connectivity index (χ4n) is 7.94. The van der Waals surface area contributed by atoms with Crippen molar-refractivity contribution in [1.82, 2.24) is 29.3 Å². The molecule has 6 nitrogen and oxygen atoms in total. The summed E-state index contributed by atoms with van der Waals surface area (Å²) < 4.78 is 4.67. The van der Waals surface area contributed by atoms with E-state index in [0.717, 1.165) is 55.8 Å². The molecule has 0 saturated carbocycles. The molecule has 7 heteroatoms. The highest BCUT2D eigenvalue weighted by Crippen LogP contribution is 2.36. The summed E-state index contributed by atoms with van der Waals surface area (Å²) >= 11 is 0. The maximum absolute atomic E-state index is 5.22. The highest BCUT2D eigenvalue weighted by Gasteiger charge is 2.25. The number of hydrogen-bond acceptors (Lipinski definition) is 4. The summed E-state index contributed by atoms with van der Waals surface area (Å²) in [5.41, 5.74) is 11.9. The third-order valence-electron chi connectivity index (χ3n) is 10.3. The number of hydrogen-bond donors (Lipinski definition) is 0. The van der Waals surface area contributed by atoms with Crippen molar-refractivity contribution in [2.75, 3.05) is 0 Å². The van der Waals surface area contributed by atoms with Crippen molar-refractivity contribution in [3.05, 3.63) is 158 Å². The Labute approximate surface area is 295 Å². The van der Waals surface area contributed by atoms with Crippen molar-refractivity contribution in [3.8, 4) is 45.3 Å². The molecule has 0 saturated heterocycles. The Morgan fingerprint density at radius 2 is 1.02 bits per heavy atom. The van der Waals surface area contributed by atoms with Gasteiger partial charge in [0, 0.05) is 55.8 Å². The number of aromatic nitrogens is 6. The molecule has 0 unspecified atom stereocenters. The average Bonchev–Trinajstić information content (AvgIpc) is 3.85. The van der Waals surface area contributed by atoms with Gasteiger partial charge in [0.25, 0.3) is 0 Å². The molecule has 0 bridgehead atoms. The van der Waals surface area contributed by atoms with Crippen molar-refractivity contribution in [3.63, 3.8) is 0 Å². The van der Waals surface area contributed by atoms with Crippen LogP contribution in [0.15, 0.2) is 158 Å². The van der Waals surface area contributed by atoms with Crippen LogP contribution in [-0.2, 0) is 0 Å². The molecule has 10 aromatic rings. The number of para-hydroxylation sites is 4. The van der Waals surface area contributed by atoms with Gasteiger partial charge in [-0.05, 0) is 59.8 Å². The predicted octanol–water partition coefficient (Wildman–Crippen LogP) is 7.89. The van der Waals surface area contributed by atoms with Crippen LogP contribution in [0.1, 0.15) is 0 Å². The standard InChI is InChI=1S/C44H28N6Si/c1-3-11-29(12-4-1)49-37-17-9-7-15-31(37)33-21-19-27(23-39(33)49)36-25-35-41(26-45-36)51-44-42(35)46-43(47-48-44)28-20-22-34-32-16-8-10-18-38(32)50(40(34)24-28)30-13-5-2-6-14-30/h1-26H,51H2. The molecule has 0 atom stereocenters. The molecule has 51 heavy (non-hydrogen) atoms. The maximum Gasteiger partial charge on any atom is 0.182 e. The van der Waals surface area contributed by atoms with E-state index in [1.54, 1.807) is 0 Å². The zero-order valence-electron chi connectivity index (χ0n) is 27.4. The highest BCUT2D eigenvalue weighted by molar-refractivity contribution is 6.72. The molecule has 0 aliphatic carbocycles. The summed E-state index contributed by atoms with van der Waals surface area (Å²) in [6.07, 6.45) is 2.04. The number of nitrogens with zero attached hydrogens (tertiary/aromatic N) is 6. The highest BCUT2D eigenvalue weighted by atomic mass is 28.2. The average molecular weight is 669 g/mol. The molecule has 0 radical (unpaired) electrons. The van der Waals surface area contributed by atoms with E-state index < -0.39 is 9.52 Å². The van der Waals surface area contributed by atoms with E-state index in [1.165, 1.54) is 37.8 Å². The quantitative estimate of drug-likeness (QED) is 0.179. The van der Waals surface area contributed by atoms with Crippen molar-refractivity contribution < 1.29 is 0 Å². The first-order chi connectivity index (χ1) is 25.3. The number of fused-ring (bicyclic) bond motifs is 9. The van der Waals surface area contributed by atoms with Crippen LogP contribution in [-0.4, -0.2) is 38.8 Å². The molecule has 5 heterocycles. The van der Waals surface area contributed by atoms with Crippen LogP contribution in [0.25, 0.3) is 88.9 Å². The second-order valence-corrected chi connectivity index (χ2v) is 15.0. The van der Waals surface area contributed by atoms with Crippen LogP contribution in [0.2, 0.25) is 0 Å². The topological polar surface area (TPSA) is 61.4 Å². The molecular weight excluding hydrogens is 641 g/mol. The van der Waals surface area contributed by atoms with Crippen LogP contribution in [0, 0.1) is 0 Å². The molecule has 6 aromatic carbocycles. The van der Waals surface area contributed by atoms with Crippen molar-refractivity contribution in [2.45, 2.75) is 0 Å². The minimum atomic E-state index is -0.842. The third-order valence-corrected chi connectivity index (χ3v) is 12.0. The second kappa shape index (κ2) is 10.9. The largest absolute Gasteiger partial charge is 0.309 e. The summed E-state index contributed by atoms with van der Waals surface area (Å²) in [5, 5.41) is 16.6. The lowest BCUT2D eigenvalue weighted by atomic mass is 10.0. The normalized spacial score (nSPS) is 12.7. The van der Waals surface area contributed by atoms with Gasteiger partial charge in [0.15, 0.2) is 5.82 Å². The lowest BCUT2D eigenvalue weighted by Crippen LogP contribution is -2.25. The minimum absolute atomic E-state index is 0.634. The van der Waals surface area contributed by atoms with Gasteiger partial charge >= 0.3 is 0 Å². The first kappa shape index (κ1) is 28.2. The molecule has 0 fully saturated rings. The van der Waals surface area contributed by atoms with Gasteiger partial charge in [0.1, 0.15) is 9.52 Å². The number of benzene rings is 6. The lowest BCUT2D eigenvalue weighted by Gasteiger charge is -2.10. The molecule has 0 amide bonds. The minimum Gasteiger partial charge on any atom is -0.309 e. The van der Waals surface area contributed by atoms with E-state index in [1.807, 2.05) is 6.20 Å². The Balaban J connectivity index is 1.03. The van der Waals surface area contributed by atoms with Gasteiger partial charge < -0.3 is 9.13 Å². The van der Waals surface area contributed by atoms with Gasteiger partial charge in [-0.3, -0.25) is 4.98 Å². The fourth-order valence-corrected chi connectivity index (χ4v) is 9.52. The molecule has 11 rings (SSSR count). The number of rotatable bonds is 4. The zero-order chi connectivity index (χ0) is 33.5. The summed E-state index contributed by atoms with van der Waals surface area (Å²) in [4.78, 5) is 10.2. The Morgan fingerprint density at radius 1 is 0.471 bits per heavy atom. The van der Waals surface area contributed by atoms with Crippen LogP contribution in [0.5, 0.6) is 0 Å². The monoisotopic (exact) mass is 668 g/mol. The molecule has 238 valence electrons.